The van der Waals surface area contributed by atoms with Crippen LogP contribution in [-0.4, -0.2) is 25.8 Å². The van der Waals surface area contributed by atoms with Gasteiger partial charge < -0.3 is 0 Å². The molecule has 98 valence electrons. The van der Waals surface area contributed by atoms with Crippen LogP contribution in [0.3, 0.4) is 0 Å². The first kappa shape index (κ1) is 14.6. The molecule has 4 nitrogen and oxygen atoms in total. The van der Waals surface area contributed by atoms with Crippen molar-refractivity contribution in [1.82, 2.24) is 4.31 Å². The van der Waals surface area contributed by atoms with Crippen LogP contribution in [0.1, 0.15) is 18.1 Å². The molecule has 0 atom stereocenters. The summed E-state index contributed by atoms with van der Waals surface area (Å²) in [4.78, 5) is 0.0843. The topological polar surface area (TPSA) is 61.2 Å². The van der Waals surface area contributed by atoms with Crippen LogP contribution >= 0.6 is 0 Å². The molecule has 1 aromatic rings. The van der Waals surface area contributed by atoms with Crippen molar-refractivity contribution in [3.05, 3.63) is 29.1 Å². The summed E-state index contributed by atoms with van der Waals surface area (Å²) < 4.78 is 39.0. The number of sulfonamides is 1. The van der Waals surface area contributed by atoms with E-state index in [-0.39, 0.29) is 18.0 Å². The van der Waals surface area contributed by atoms with E-state index in [1.54, 1.807) is 20.8 Å². The fraction of sp³-hybridized carbons (Fsp3) is 0.417. The minimum absolute atomic E-state index is 0.0843. The lowest BCUT2D eigenvalue weighted by atomic mass is 10.1. The first-order chi connectivity index (χ1) is 8.34. The lowest BCUT2D eigenvalue weighted by Gasteiger charge is -2.20. The maximum absolute atomic E-state index is 13.2. The van der Waals surface area contributed by atoms with Gasteiger partial charge >= 0.3 is 0 Å². The number of hydrogen-bond donors (Lipinski definition) is 0. The van der Waals surface area contributed by atoms with E-state index in [0.29, 0.717) is 11.1 Å². The average Bonchev–Trinajstić information content (AvgIpc) is 2.23. The number of hydrogen-bond acceptors (Lipinski definition) is 3. The largest absolute Gasteiger partial charge is 0.244 e. The first-order valence-electron chi connectivity index (χ1n) is 5.48. The summed E-state index contributed by atoms with van der Waals surface area (Å²) in [6.07, 6.45) is 0. The second-order valence-corrected chi connectivity index (χ2v) is 5.83. The quantitative estimate of drug-likeness (QED) is 0.786. The summed E-state index contributed by atoms with van der Waals surface area (Å²) in [6, 6.07) is 4.18. The van der Waals surface area contributed by atoms with E-state index in [1.807, 2.05) is 6.07 Å². The number of rotatable bonds is 4. The molecule has 0 aliphatic heterocycles. The van der Waals surface area contributed by atoms with Crippen molar-refractivity contribution in [3.63, 3.8) is 0 Å². The molecule has 0 fully saturated rings. The minimum Gasteiger partial charge on any atom is -0.207 e. The SMILES string of the molecule is CCN(CC#N)S(=O)(=O)c1c(C)cc(F)cc1C. The third-order valence-corrected chi connectivity index (χ3v) is 4.85. The van der Waals surface area contributed by atoms with Crippen LogP contribution in [0, 0.1) is 31.0 Å². The highest BCUT2D eigenvalue weighted by molar-refractivity contribution is 7.89. The summed E-state index contributed by atoms with van der Waals surface area (Å²) in [5.41, 5.74) is 0.702. The summed E-state index contributed by atoms with van der Waals surface area (Å²) in [7, 11) is -3.75. The monoisotopic (exact) mass is 270 g/mol. The Morgan fingerprint density at radius 1 is 1.33 bits per heavy atom. The molecule has 0 bridgehead atoms. The van der Waals surface area contributed by atoms with Crippen LogP contribution in [-0.2, 0) is 10.0 Å². The molecule has 0 aliphatic carbocycles. The van der Waals surface area contributed by atoms with Crippen molar-refractivity contribution < 1.29 is 12.8 Å². The Hall–Kier alpha value is -1.45. The number of aryl methyl sites for hydroxylation is 2. The van der Waals surface area contributed by atoms with Gasteiger partial charge in [0.05, 0.1) is 11.0 Å². The maximum atomic E-state index is 13.2. The molecule has 18 heavy (non-hydrogen) atoms. The Kier molecular flexibility index (Phi) is 4.43. The van der Waals surface area contributed by atoms with E-state index in [9.17, 15) is 12.8 Å². The van der Waals surface area contributed by atoms with Gasteiger partial charge in [0.2, 0.25) is 10.0 Å². The van der Waals surface area contributed by atoms with E-state index >= 15 is 0 Å². The predicted molar refractivity (Wildman–Crippen MR) is 65.9 cm³/mol. The van der Waals surface area contributed by atoms with Crippen LogP contribution in [0.5, 0.6) is 0 Å². The number of nitrogens with zero attached hydrogens (tertiary/aromatic N) is 2. The van der Waals surface area contributed by atoms with Gasteiger partial charge in [-0.3, -0.25) is 0 Å². The van der Waals surface area contributed by atoms with E-state index in [0.717, 1.165) is 4.31 Å². The van der Waals surface area contributed by atoms with Gasteiger partial charge in [0.1, 0.15) is 12.4 Å². The summed E-state index contributed by atoms with van der Waals surface area (Å²) in [5.74, 6) is -0.465. The van der Waals surface area contributed by atoms with Gasteiger partial charge in [0.25, 0.3) is 0 Å². The average molecular weight is 270 g/mol. The third-order valence-electron chi connectivity index (χ3n) is 2.62. The Balaban J connectivity index is 3.42. The Morgan fingerprint density at radius 2 is 1.83 bits per heavy atom. The van der Waals surface area contributed by atoms with Gasteiger partial charge in [-0.15, -0.1) is 0 Å². The van der Waals surface area contributed by atoms with E-state index in [4.69, 9.17) is 5.26 Å². The van der Waals surface area contributed by atoms with Crippen LogP contribution < -0.4 is 0 Å². The maximum Gasteiger partial charge on any atom is 0.244 e. The zero-order valence-corrected chi connectivity index (χ0v) is 11.4. The molecule has 0 aromatic heterocycles. The van der Waals surface area contributed by atoms with Crippen molar-refractivity contribution in [1.29, 1.82) is 5.26 Å². The zero-order valence-electron chi connectivity index (χ0n) is 10.6. The third kappa shape index (κ3) is 2.68. The molecule has 6 heteroatoms. The zero-order chi connectivity index (χ0) is 13.9. The number of halogens is 1. The van der Waals surface area contributed by atoms with Crippen LogP contribution in [0.25, 0.3) is 0 Å². The molecule has 1 aromatic carbocycles. The van der Waals surface area contributed by atoms with Crippen molar-refractivity contribution >= 4 is 10.0 Å². The molecular weight excluding hydrogens is 255 g/mol. The van der Waals surface area contributed by atoms with Crippen LogP contribution in [0.2, 0.25) is 0 Å². The van der Waals surface area contributed by atoms with Crippen LogP contribution in [0.4, 0.5) is 4.39 Å². The van der Waals surface area contributed by atoms with Gasteiger partial charge in [-0.05, 0) is 37.1 Å². The molecule has 0 unspecified atom stereocenters. The Morgan fingerprint density at radius 3 is 2.22 bits per heavy atom. The van der Waals surface area contributed by atoms with Gasteiger partial charge in [0.15, 0.2) is 0 Å². The summed E-state index contributed by atoms with van der Waals surface area (Å²) in [5, 5.41) is 8.64. The van der Waals surface area contributed by atoms with E-state index in [2.05, 4.69) is 0 Å². The van der Waals surface area contributed by atoms with Gasteiger partial charge in [-0.25, -0.2) is 12.8 Å². The van der Waals surface area contributed by atoms with Crippen molar-refractivity contribution in [2.45, 2.75) is 25.7 Å². The summed E-state index contributed by atoms with van der Waals surface area (Å²) in [6.45, 7) is 4.73. The van der Waals surface area contributed by atoms with Crippen molar-refractivity contribution in [2.24, 2.45) is 0 Å². The lowest BCUT2D eigenvalue weighted by Crippen LogP contribution is -2.32. The molecule has 0 saturated carbocycles. The molecule has 0 radical (unpaired) electrons. The lowest BCUT2D eigenvalue weighted by molar-refractivity contribution is 0.461. The highest BCUT2D eigenvalue weighted by atomic mass is 32.2. The minimum atomic E-state index is -3.75. The van der Waals surface area contributed by atoms with Gasteiger partial charge in [-0.1, -0.05) is 6.92 Å². The molecule has 0 spiro atoms. The molecule has 0 amide bonds. The molecule has 0 aliphatic rings. The molecule has 1 rings (SSSR count). The summed E-state index contributed by atoms with van der Waals surface area (Å²) >= 11 is 0. The normalized spacial score (nSPS) is 11.6. The Labute approximate surface area is 107 Å². The first-order valence-corrected chi connectivity index (χ1v) is 6.92. The second-order valence-electron chi connectivity index (χ2n) is 3.96. The molecule has 0 heterocycles. The second kappa shape index (κ2) is 5.46. The van der Waals surface area contributed by atoms with Gasteiger partial charge in [0, 0.05) is 6.54 Å². The Bertz CT molecular complexity index is 568. The fourth-order valence-corrected chi connectivity index (χ4v) is 3.64. The standard InChI is InChI=1S/C12H15FN2O2S/c1-4-15(6-5-14)18(16,17)12-9(2)7-11(13)8-10(12)3/h7-8H,4,6H2,1-3H3. The molecular formula is C12H15FN2O2S. The van der Waals surface area contributed by atoms with Crippen LogP contribution in [0.15, 0.2) is 17.0 Å². The van der Waals surface area contributed by atoms with Gasteiger partial charge in [-0.2, -0.15) is 9.57 Å². The fourth-order valence-electron chi connectivity index (χ4n) is 1.88. The molecule has 0 N–H and O–H groups in total. The number of benzene rings is 1. The molecule has 0 saturated heterocycles. The highest BCUT2D eigenvalue weighted by Crippen LogP contribution is 2.24. The van der Waals surface area contributed by atoms with E-state index < -0.39 is 15.8 Å². The van der Waals surface area contributed by atoms with Crippen molar-refractivity contribution in [3.8, 4) is 6.07 Å². The highest BCUT2D eigenvalue weighted by Gasteiger charge is 2.26. The predicted octanol–water partition coefficient (Wildman–Crippen LogP) is 1.98. The number of nitriles is 1. The smallest absolute Gasteiger partial charge is 0.207 e. The van der Waals surface area contributed by atoms with Crippen molar-refractivity contribution in [2.75, 3.05) is 13.1 Å². The van der Waals surface area contributed by atoms with E-state index in [1.165, 1.54) is 12.1 Å².